The van der Waals surface area contributed by atoms with Gasteiger partial charge in [-0.3, -0.25) is 9.59 Å². The van der Waals surface area contributed by atoms with Crippen molar-refractivity contribution in [1.82, 2.24) is 4.90 Å². The first kappa shape index (κ1) is 17.3. The zero-order chi connectivity index (χ0) is 17.1. The summed E-state index contributed by atoms with van der Waals surface area (Å²) in [6, 6.07) is 7.85. The molecular formula is C19H26N2O2S. The summed E-state index contributed by atoms with van der Waals surface area (Å²) in [6.07, 6.45) is 4.95. The van der Waals surface area contributed by atoms with E-state index < -0.39 is 0 Å². The molecule has 1 heterocycles. The van der Waals surface area contributed by atoms with Crippen molar-refractivity contribution in [2.45, 2.75) is 50.3 Å². The molecule has 0 aromatic heterocycles. The van der Waals surface area contributed by atoms with Crippen LogP contribution in [0.2, 0.25) is 0 Å². The number of anilines is 1. The Kier molecular flexibility index (Phi) is 5.49. The normalized spacial score (nSPS) is 23.8. The summed E-state index contributed by atoms with van der Waals surface area (Å²) in [5.74, 6) is 1.41. The summed E-state index contributed by atoms with van der Waals surface area (Å²) in [5.41, 5.74) is 1.61. The maximum atomic E-state index is 12.7. The van der Waals surface area contributed by atoms with E-state index in [0.717, 1.165) is 37.2 Å². The average Bonchev–Trinajstić information content (AvgIpc) is 3.23. The lowest BCUT2D eigenvalue weighted by atomic mass is 10.1. The lowest BCUT2D eigenvalue weighted by Crippen LogP contribution is -2.35. The molecule has 4 nitrogen and oxygen atoms in total. The minimum atomic E-state index is 0.0847. The molecule has 0 spiro atoms. The van der Waals surface area contributed by atoms with Crippen LogP contribution in [0.1, 0.15) is 49.4 Å². The Balaban J connectivity index is 1.63. The third kappa shape index (κ3) is 3.61. The van der Waals surface area contributed by atoms with Crippen LogP contribution in [0.5, 0.6) is 0 Å². The number of thioether (sulfide) groups is 1. The van der Waals surface area contributed by atoms with Gasteiger partial charge in [-0.2, -0.15) is 11.8 Å². The van der Waals surface area contributed by atoms with Gasteiger partial charge in [0, 0.05) is 42.6 Å². The molecule has 2 atom stereocenters. The molecule has 130 valence electrons. The third-order valence-corrected chi connectivity index (χ3v) is 6.36. The molecule has 24 heavy (non-hydrogen) atoms. The molecule has 2 fully saturated rings. The number of carbonyl (C=O) groups excluding carboxylic acids is 2. The summed E-state index contributed by atoms with van der Waals surface area (Å²) in [7, 11) is 1.92. The first-order valence-corrected chi connectivity index (χ1v) is 9.94. The van der Waals surface area contributed by atoms with Gasteiger partial charge in [0.05, 0.1) is 0 Å². The van der Waals surface area contributed by atoms with Crippen LogP contribution in [0.4, 0.5) is 5.69 Å². The molecule has 0 radical (unpaired) electrons. The van der Waals surface area contributed by atoms with Crippen LogP contribution in [0.15, 0.2) is 24.3 Å². The second kappa shape index (κ2) is 7.60. The molecule has 1 saturated carbocycles. The van der Waals surface area contributed by atoms with Crippen LogP contribution in [-0.4, -0.2) is 47.4 Å². The van der Waals surface area contributed by atoms with E-state index in [4.69, 9.17) is 0 Å². The summed E-state index contributed by atoms with van der Waals surface area (Å²) >= 11 is 2.01. The smallest absolute Gasteiger partial charge is 0.253 e. The van der Waals surface area contributed by atoms with Crippen molar-refractivity contribution < 1.29 is 9.59 Å². The molecule has 1 aromatic carbocycles. The van der Waals surface area contributed by atoms with Gasteiger partial charge in [0.1, 0.15) is 0 Å². The monoisotopic (exact) mass is 346 g/mol. The Morgan fingerprint density at radius 3 is 2.67 bits per heavy atom. The van der Waals surface area contributed by atoms with Crippen LogP contribution < -0.4 is 4.90 Å². The zero-order valence-corrected chi connectivity index (χ0v) is 15.3. The molecule has 2 aliphatic rings. The highest BCUT2D eigenvalue weighted by atomic mass is 32.2. The van der Waals surface area contributed by atoms with Gasteiger partial charge in [-0.1, -0.05) is 6.92 Å². The van der Waals surface area contributed by atoms with Crippen molar-refractivity contribution >= 4 is 29.3 Å². The highest BCUT2D eigenvalue weighted by molar-refractivity contribution is 7.99. The van der Waals surface area contributed by atoms with Gasteiger partial charge in [-0.15, -0.1) is 0 Å². The summed E-state index contributed by atoms with van der Waals surface area (Å²) in [6.45, 7) is 2.98. The standard InChI is InChI=1S/C19H26N2O2S/c1-3-24-17-11-10-16(13-17)20(2)19(23)14-6-8-15(9-7-14)21-12-4-5-18(21)22/h6-9,16-17H,3-5,10-13H2,1-2H3/t16-,17+/m1/s1. The topological polar surface area (TPSA) is 40.6 Å². The molecule has 2 amide bonds. The molecule has 1 saturated heterocycles. The van der Waals surface area contributed by atoms with Gasteiger partial charge in [-0.05, 0) is 55.7 Å². The Morgan fingerprint density at radius 1 is 1.29 bits per heavy atom. The van der Waals surface area contributed by atoms with Gasteiger partial charge in [-0.25, -0.2) is 0 Å². The number of carbonyl (C=O) groups is 2. The Labute approximate surface area is 148 Å². The number of nitrogens with zero attached hydrogens (tertiary/aromatic N) is 2. The minimum absolute atomic E-state index is 0.0847. The first-order valence-electron chi connectivity index (χ1n) is 8.89. The quantitative estimate of drug-likeness (QED) is 0.818. The van der Waals surface area contributed by atoms with E-state index in [0.29, 0.717) is 23.3 Å². The van der Waals surface area contributed by atoms with Crippen LogP contribution >= 0.6 is 11.8 Å². The molecule has 1 aliphatic carbocycles. The molecule has 3 rings (SSSR count). The number of benzene rings is 1. The van der Waals surface area contributed by atoms with Crippen molar-refractivity contribution in [3.8, 4) is 0 Å². The maximum absolute atomic E-state index is 12.7. The number of hydrogen-bond acceptors (Lipinski definition) is 3. The predicted molar refractivity (Wildman–Crippen MR) is 99.7 cm³/mol. The van der Waals surface area contributed by atoms with Crippen molar-refractivity contribution in [3.63, 3.8) is 0 Å². The lowest BCUT2D eigenvalue weighted by Gasteiger charge is -2.25. The van der Waals surface area contributed by atoms with Crippen molar-refractivity contribution in [2.24, 2.45) is 0 Å². The Hall–Kier alpha value is -1.49. The molecular weight excluding hydrogens is 320 g/mol. The predicted octanol–water partition coefficient (Wildman–Crippen LogP) is 3.56. The maximum Gasteiger partial charge on any atom is 0.253 e. The molecule has 1 aromatic rings. The van der Waals surface area contributed by atoms with E-state index in [2.05, 4.69) is 6.92 Å². The molecule has 1 aliphatic heterocycles. The minimum Gasteiger partial charge on any atom is -0.339 e. The van der Waals surface area contributed by atoms with Gasteiger partial charge in [0.25, 0.3) is 5.91 Å². The van der Waals surface area contributed by atoms with E-state index in [-0.39, 0.29) is 11.8 Å². The van der Waals surface area contributed by atoms with Crippen molar-refractivity contribution in [3.05, 3.63) is 29.8 Å². The zero-order valence-electron chi connectivity index (χ0n) is 14.5. The molecule has 5 heteroatoms. The van der Waals surface area contributed by atoms with Crippen molar-refractivity contribution in [1.29, 1.82) is 0 Å². The molecule has 0 unspecified atom stereocenters. The van der Waals surface area contributed by atoms with Crippen LogP contribution in [0, 0.1) is 0 Å². The average molecular weight is 346 g/mol. The van der Waals surface area contributed by atoms with E-state index in [1.807, 2.05) is 52.9 Å². The number of rotatable bonds is 5. The third-order valence-electron chi connectivity index (χ3n) is 5.13. The largest absolute Gasteiger partial charge is 0.339 e. The SMILES string of the molecule is CCS[C@H]1CC[C@@H](N(C)C(=O)c2ccc(N3CCCC3=O)cc2)C1. The number of hydrogen-bond donors (Lipinski definition) is 0. The molecule has 0 N–H and O–H groups in total. The summed E-state index contributed by atoms with van der Waals surface area (Å²) < 4.78 is 0. The fourth-order valence-electron chi connectivity index (χ4n) is 3.73. The van der Waals surface area contributed by atoms with Crippen LogP contribution in [0.25, 0.3) is 0 Å². The van der Waals surface area contributed by atoms with E-state index in [1.165, 1.54) is 6.42 Å². The lowest BCUT2D eigenvalue weighted by molar-refractivity contribution is -0.117. The van der Waals surface area contributed by atoms with E-state index in [9.17, 15) is 9.59 Å². The van der Waals surface area contributed by atoms with E-state index >= 15 is 0 Å². The Morgan fingerprint density at radius 2 is 2.04 bits per heavy atom. The first-order chi connectivity index (χ1) is 11.6. The van der Waals surface area contributed by atoms with Gasteiger partial charge in [0.15, 0.2) is 0 Å². The second-order valence-corrected chi connectivity index (χ2v) is 8.23. The van der Waals surface area contributed by atoms with Gasteiger partial charge in [0.2, 0.25) is 5.91 Å². The summed E-state index contributed by atoms with van der Waals surface area (Å²) in [5, 5.41) is 0.693. The fourth-order valence-corrected chi connectivity index (χ4v) is 4.86. The molecule has 0 bridgehead atoms. The van der Waals surface area contributed by atoms with Crippen LogP contribution in [-0.2, 0) is 4.79 Å². The fraction of sp³-hybridized carbons (Fsp3) is 0.579. The second-order valence-electron chi connectivity index (χ2n) is 6.66. The van der Waals surface area contributed by atoms with Gasteiger partial charge >= 0.3 is 0 Å². The summed E-state index contributed by atoms with van der Waals surface area (Å²) in [4.78, 5) is 28.3. The number of amides is 2. The highest BCUT2D eigenvalue weighted by Gasteiger charge is 2.30. The van der Waals surface area contributed by atoms with Crippen LogP contribution in [0.3, 0.4) is 0 Å². The Bertz CT molecular complexity index is 602. The highest BCUT2D eigenvalue weighted by Crippen LogP contribution is 2.32. The van der Waals surface area contributed by atoms with Crippen molar-refractivity contribution in [2.75, 3.05) is 24.2 Å². The van der Waals surface area contributed by atoms with Gasteiger partial charge < -0.3 is 9.80 Å². The van der Waals surface area contributed by atoms with E-state index in [1.54, 1.807) is 0 Å².